The quantitative estimate of drug-likeness (QED) is 0.350. The molecule has 0 aliphatic rings. The third-order valence-electron chi connectivity index (χ3n) is 0.610. The molecule has 13 heavy (non-hydrogen) atoms. The molecule has 0 bridgehead atoms. The number of nitrogens with one attached hydrogen (secondary N) is 1. The maximum Gasteiger partial charge on any atom is 0.0555 e. The van der Waals surface area contributed by atoms with Crippen molar-refractivity contribution in [1.82, 2.24) is 5.32 Å². The molecular formula is C4H12N2Na6O. The molecule has 0 spiro atoms. The molecule has 0 aromatic heterocycles. The van der Waals surface area contributed by atoms with Gasteiger partial charge in [0, 0.05) is 197 Å². The second-order valence-corrected chi connectivity index (χ2v) is 1.26. The summed E-state index contributed by atoms with van der Waals surface area (Å²) in [6.07, 6.45) is 0. The molecule has 0 amide bonds. The van der Waals surface area contributed by atoms with Gasteiger partial charge in [0.25, 0.3) is 0 Å². The Morgan fingerprint density at radius 1 is 0.846 bits per heavy atom. The van der Waals surface area contributed by atoms with Crippen molar-refractivity contribution in [2.24, 2.45) is 5.73 Å². The van der Waals surface area contributed by atoms with Crippen LogP contribution >= 0.6 is 0 Å². The van der Waals surface area contributed by atoms with Crippen molar-refractivity contribution in [1.29, 1.82) is 0 Å². The predicted octanol–water partition coefficient (Wildman–Crippen LogP) is -3.76. The topological polar surface area (TPSA) is 58.3 Å². The van der Waals surface area contributed by atoms with Gasteiger partial charge in [-0.15, -0.1) is 0 Å². The Hall–Kier alpha value is 5.88. The summed E-state index contributed by atoms with van der Waals surface area (Å²) in [6.45, 7) is 2.28. The Labute approximate surface area is 214 Å². The molecule has 0 atom stereocenters. The van der Waals surface area contributed by atoms with Crippen molar-refractivity contribution < 1.29 is 5.11 Å². The zero-order valence-corrected chi connectivity index (χ0v) is 22.4. The van der Waals surface area contributed by atoms with Crippen molar-refractivity contribution in [3.8, 4) is 0 Å². The van der Waals surface area contributed by atoms with Crippen LogP contribution in [0.25, 0.3) is 0 Å². The molecule has 0 unspecified atom stereocenters. The van der Waals surface area contributed by atoms with Crippen molar-refractivity contribution >= 4 is 177 Å². The van der Waals surface area contributed by atoms with Crippen LogP contribution in [0.4, 0.5) is 0 Å². The normalized spacial score (nSPS) is 5.08. The Morgan fingerprint density at radius 3 is 1.46 bits per heavy atom. The first-order chi connectivity index (χ1) is 3.41. The van der Waals surface area contributed by atoms with E-state index in [2.05, 4.69) is 5.32 Å². The molecule has 0 rings (SSSR count). The fraction of sp³-hybridized carbons (Fsp3) is 1.00. The van der Waals surface area contributed by atoms with Crippen LogP contribution in [-0.2, 0) is 0 Å². The van der Waals surface area contributed by atoms with E-state index < -0.39 is 0 Å². The molecule has 4 N–H and O–H groups in total. The minimum absolute atomic E-state index is 0. The van der Waals surface area contributed by atoms with Crippen molar-refractivity contribution in [2.75, 3.05) is 26.2 Å². The monoisotopic (exact) mass is 242 g/mol. The van der Waals surface area contributed by atoms with E-state index in [4.69, 9.17) is 10.8 Å². The van der Waals surface area contributed by atoms with Crippen LogP contribution in [0.5, 0.6) is 0 Å². The van der Waals surface area contributed by atoms with Crippen LogP contribution in [-0.4, -0.2) is 209 Å². The summed E-state index contributed by atoms with van der Waals surface area (Å²) in [5.41, 5.74) is 5.13. The minimum atomic E-state index is 0. The first kappa shape index (κ1) is 42.8. The van der Waals surface area contributed by atoms with E-state index in [9.17, 15) is 0 Å². The van der Waals surface area contributed by atoms with E-state index in [1.54, 1.807) is 0 Å². The largest absolute Gasteiger partial charge is 0.395 e. The van der Waals surface area contributed by atoms with Gasteiger partial charge in [-0.1, -0.05) is 0 Å². The minimum Gasteiger partial charge on any atom is -0.395 e. The van der Waals surface area contributed by atoms with Crippen molar-refractivity contribution in [2.45, 2.75) is 0 Å². The van der Waals surface area contributed by atoms with Gasteiger partial charge in [-0.05, 0) is 0 Å². The Morgan fingerprint density at radius 2 is 1.23 bits per heavy atom. The van der Waals surface area contributed by atoms with Gasteiger partial charge < -0.3 is 16.2 Å². The molecule has 0 aromatic carbocycles. The maximum absolute atomic E-state index is 8.19. The first-order valence-corrected chi connectivity index (χ1v) is 2.43. The van der Waals surface area contributed by atoms with Crippen LogP contribution in [0.2, 0.25) is 0 Å². The average Bonchev–Trinajstić information content (AvgIpc) is 1.69. The number of nitrogens with two attached hydrogens (primary N) is 1. The molecule has 0 saturated heterocycles. The molecule has 0 fully saturated rings. The summed E-state index contributed by atoms with van der Waals surface area (Å²) in [5, 5.41) is 11.1. The van der Waals surface area contributed by atoms with E-state index in [1.807, 2.05) is 0 Å². The summed E-state index contributed by atoms with van der Waals surface area (Å²) in [7, 11) is 0. The number of hydrogen-bond acceptors (Lipinski definition) is 3. The van der Waals surface area contributed by atoms with Gasteiger partial charge in [-0.3, -0.25) is 0 Å². The Bertz CT molecular complexity index is 41.8. The molecule has 3 nitrogen and oxygen atoms in total. The molecule has 50 valence electrons. The Balaban J connectivity index is -0.0000000120. The van der Waals surface area contributed by atoms with Crippen LogP contribution in [0.15, 0.2) is 0 Å². The number of rotatable bonds is 4. The molecule has 9 heteroatoms. The van der Waals surface area contributed by atoms with Crippen LogP contribution in [0.3, 0.4) is 0 Å². The number of hydrogen-bond donors (Lipinski definition) is 3. The second kappa shape index (κ2) is 43.0. The van der Waals surface area contributed by atoms with Crippen LogP contribution in [0, 0.1) is 0 Å². The van der Waals surface area contributed by atoms with E-state index >= 15 is 0 Å². The zero-order chi connectivity index (χ0) is 5.54. The van der Waals surface area contributed by atoms with Gasteiger partial charge in [-0.2, -0.15) is 0 Å². The first-order valence-electron chi connectivity index (χ1n) is 2.43. The summed E-state index contributed by atoms with van der Waals surface area (Å²) in [4.78, 5) is 0. The molecule has 0 aliphatic carbocycles. The van der Waals surface area contributed by atoms with Crippen molar-refractivity contribution in [3.63, 3.8) is 0 Å². The standard InChI is InChI=1S/C4H12N2O.6Na/c5-1-2-6-3-4-7;;;;;;/h6-7H,1-5H2;;;;;;. The van der Waals surface area contributed by atoms with E-state index in [-0.39, 0.29) is 184 Å². The van der Waals surface area contributed by atoms with Crippen molar-refractivity contribution in [3.05, 3.63) is 0 Å². The molecular weight excluding hydrogens is 230 g/mol. The second-order valence-electron chi connectivity index (χ2n) is 1.26. The molecule has 0 heterocycles. The number of aliphatic hydroxyl groups is 1. The van der Waals surface area contributed by atoms with E-state index in [1.165, 1.54) is 0 Å². The van der Waals surface area contributed by atoms with Gasteiger partial charge in [-0.25, -0.2) is 0 Å². The zero-order valence-electron chi connectivity index (χ0n) is 10.4. The van der Waals surface area contributed by atoms with E-state index in [0.29, 0.717) is 13.1 Å². The summed E-state index contributed by atoms with van der Waals surface area (Å²) in [6, 6.07) is 0. The van der Waals surface area contributed by atoms with Gasteiger partial charge in [0.2, 0.25) is 0 Å². The SMILES string of the molecule is NCCNCCO.[Na].[Na].[Na].[Na].[Na].[Na]. The van der Waals surface area contributed by atoms with E-state index in [0.717, 1.165) is 6.54 Å². The molecule has 0 aliphatic heterocycles. The summed E-state index contributed by atoms with van der Waals surface area (Å²) < 4.78 is 0. The third-order valence-corrected chi connectivity index (χ3v) is 0.610. The third kappa shape index (κ3) is 46.2. The fourth-order valence-corrected chi connectivity index (χ4v) is 0.306. The van der Waals surface area contributed by atoms with Gasteiger partial charge >= 0.3 is 0 Å². The number of aliphatic hydroxyl groups excluding tert-OH is 1. The van der Waals surface area contributed by atoms with Gasteiger partial charge in [0.05, 0.1) is 6.61 Å². The molecule has 6 radical (unpaired) electrons. The smallest absolute Gasteiger partial charge is 0.0555 e. The maximum atomic E-state index is 8.19. The van der Waals surface area contributed by atoms with Gasteiger partial charge in [0.15, 0.2) is 0 Å². The predicted molar refractivity (Wildman–Crippen MR) is 63.5 cm³/mol. The average molecular weight is 242 g/mol. The Kier molecular flexibility index (Phi) is 142. The molecule has 0 saturated carbocycles. The van der Waals surface area contributed by atoms with Crippen LogP contribution < -0.4 is 11.1 Å². The van der Waals surface area contributed by atoms with Crippen LogP contribution in [0.1, 0.15) is 0 Å². The molecule has 0 aromatic rings. The summed E-state index contributed by atoms with van der Waals surface area (Å²) >= 11 is 0. The van der Waals surface area contributed by atoms with Gasteiger partial charge in [0.1, 0.15) is 0 Å². The summed E-state index contributed by atoms with van der Waals surface area (Å²) in [5.74, 6) is 0. The fourth-order valence-electron chi connectivity index (χ4n) is 0.306.